The van der Waals surface area contributed by atoms with Gasteiger partial charge in [-0.15, -0.1) is 0 Å². The highest BCUT2D eigenvalue weighted by Gasteiger charge is 2.08. The van der Waals surface area contributed by atoms with Crippen molar-refractivity contribution in [2.45, 2.75) is 6.92 Å². The van der Waals surface area contributed by atoms with Crippen LogP contribution in [-0.4, -0.2) is 31.4 Å². The first-order chi connectivity index (χ1) is 8.74. The zero-order chi connectivity index (χ0) is 13.2. The molecule has 1 amide bonds. The van der Waals surface area contributed by atoms with Crippen LogP contribution in [0.5, 0.6) is 0 Å². The van der Waals surface area contributed by atoms with E-state index < -0.39 is 11.7 Å². The van der Waals surface area contributed by atoms with E-state index in [1.54, 1.807) is 6.08 Å². The van der Waals surface area contributed by atoms with E-state index >= 15 is 0 Å². The summed E-state index contributed by atoms with van der Waals surface area (Å²) in [4.78, 5) is 22.8. The molecule has 18 heavy (non-hydrogen) atoms. The van der Waals surface area contributed by atoms with Gasteiger partial charge in [-0.3, -0.25) is 9.59 Å². The lowest BCUT2D eigenvalue weighted by Crippen LogP contribution is -2.32. The number of ketones is 1. The molecule has 0 aromatic heterocycles. The quantitative estimate of drug-likeness (QED) is 0.450. The van der Waals surface area contributed by atoms with Gasteiger partial charge in [0.15, 0.2) is 0 Å². The molecule has 96 valence electrons. The van der Waals surface area contributed by atoms with Crippen LogP contribution in [0.2, 0.25) is 0 Å². The van der Waals surface area contributed by atoms with Gasteiger partial charge in [-0.1, -0.05) is 36.4 Å². The average Bonchev–Trinajstić information content (AvgIpc) is 2.42. The van der Waals surface area contributed by atoms with E-state index in [2.05, 4.69) is 5.32 Å². The van der Waals surface area contributed by atoms with E-state index in [0.717, 1.165) is 5.56 Å². The number of ether oxygens (including phenoxy) is 1. The first-order valence-corrected chi connectivity index (χ1v) is 5.87. The molecule has 0 saturated heterocycles. The van der Waals surface area contributed by atoms with Crippen molar-refractivity contribution in [3.8, 4) is 0 Å². The minimum atomic E-state index is -0.609. The van der Waals surface area contributed by atoms with Crippen molar-refractivity contribution in [1.82, 2.24) is 5.32 Å². The summed E-state index contributed by atoms with van der Waals surface area (Å²) in [6, 6.07) is 9.34. The molecule has 0 heterocycles. The van der Waals surface area contributed by atoms with Gasteiger partial charge < -0.3 is 10.1 Å². The second kappa shape index (κ2) is 8.20. The van der Waals surface area contributed by atoms with Crippen LogP contribution in [0.15, 0.2) is 36.4 Å². The summed E-state index contributed by atoms with van der Waals surface area (Å²) in [5, 5.41) is 2.49. The van der Waals surface area contributed by atoms with Crippen molar-refractivity contribution in [2.24, 2.45) is 0 Å². The zero-order valence-corrected chi connectivity index (χ0v) is 10.4. The Balaban J connectivity index is 2.36. The number of amides is 1. The standard InChI is InChI=1S/C14H17NO3/c1-2-18-11-10-15-14(17)13(16)9-8-12-6-4-3-5-7-12/h3-9H,2,10-11H2,1H3,(H,15,17)/b9-8+. The third kappa shape index (κ3) is 5.41. The Bertz CT molecular complexity index is 412. The number of carbonyl (C=O) groups is 2. The first-order valence-electron chi connectivity index (χ1n) is 5.87. The molecule has 0 saturated carbocycles. The number of hydrogen-bond donors (Lipinski definition) is 1. The molecule has 0 atom stereocenters. The smallest absolute Gasteiger partial charge is 0.291 e. The van der Waals surface area contributed by atoms with Crippen LogP contribution in [0, 0.1) is 0 Å². The third-order valence-corrected chi connectivity index (χ3v) is 2.19. The molecule has 1 N–H and O–H groups in total. The molecule has 0 aliphatic rings. The topological polar surface area (TPSA) is 55.4 Å². The highest BCUT2D eigenvalue weighted by atomic mass is 16.5. The summed E-state index contributed by atoms with van der Waals surface area (Å²) < 4.78 is 5.05. The molecular formula is C14H17NO3. The molecule has 0 aliphatic carbocycles. The maximum absolute atomic E-state index is 11.4. The third-order valence-electron chi connectivity index (χ3n) is 2.19. The van der Waals surface area contributed by atoms with Crippen LogP contribution in [0.1, 0.15) is 12.5 Å². The van der Waals surface area contributed by atoms with E-state index in [-0.39, 0.29) is 0 Å². The normalized spacial score (nSPS) is 10.5. The Hall–Kier alpha value is -1.94. The maximum atomic E-state index is 11.4. The van der Waals surface area contributed by atoms with Crippen LogP contribution in [0.3, 0.4) is 0 Å². The molecular weight excluding hydrogens is 230 g/mol. The monoisotopic (exact) mass is 247 g/mol. The Kier molecular flexibility index (Phi) is 6.43. The molecule has 0 bridgehead atoms. The van der Waals surface area contributed by atoms with Gasteiger partial charge in [0.25, 0.3) is 5.91 Å². The second-order valence-corrected chi connectivity index (χ2v) is 3.56. The van der Waals surface area contributed by atoms with Crippen molar-refractivity contribution in [1.29, 1.82) is 0 Å². The first kappa shape index (κ1) is 14.1. The lowest BCUT2D eigenvalue weighted by Gasteiger charge is -2.02. The van der Waals surface area contributed by atoms with Crippen LogP contribution in [-0.2, 0) is 14.3 Å². The minimum absolute atomic E-state index is 0.345. The van der Waals surface area contributed by atoms with E-state index in [9.17, 15) is 9.59 Å². The summed E-state index contributed by atoms with van der Waals surface area (Å²) >= 11 is 0. The maximum Gasteiger partial charge on any atom is 0.291 e. The summed E-state index contributed by atoms with van der Waals surface area (Å²) in [7, 11) is 0. The molecule has 1 rings (SSSR count). The van der Waals surface area contributed by atoms with E-state index in [1.165, 1.54) is 6.08 Å². The molecule has 0 unspecified atom stereocenters. The fourth-order valence-corrected chi connectivity index (χ4v) is 1.28. The average molecular weight is 247 g/mol. The Morgan fingerprint density at radius 1 is 1.28 bits per heavy atom. The van der Waals surface area contributed by atoms with Gasteiger partial charge >= 0.3 is 0 Å². The van der Waals surface area contributed by atoms with Gasteiger partial charge in [-0.2, -0.15) is 0 Å². The van der Waals surface area contributed by atoms with Crippen molar-refractivity contribution >= 4 is 17.8 Å². The molecule has 4 heteroatoms. The second-order valence-electron chi connectivity index (χ2n) is 3.56. The molecule has 1 aromatic rings. The Morgan fingerprint density at radius 3 is 2.67 bits per heavy atom. The highest BCUT2D eigenvalue weighted by molar-refractivity contribution is 6.41. The number of rotatable bonds is 7. The highest BCUT2D eigenvalue weighted by Crippen LogP contribution is 2.00. The van der Waals surface area contributed by atoms with Crippen LogP contribution >= 0.6 is 0 Å². The molecule has 0 spiro atoms. The SMILES string of the molecule is CCOCCNC(=O)C(=O)/C=C/c1ccccc1. The van der Waals surface area contributed by atoms with E-state index in [4.69, 9.17) is 4.74 Å². The molecule has 4 nitrogen and oxygen atoms in total. The minimum Gasteiger partial charge on any atom is -0.380 e. The number of benzene rings is 1. The van der Waals surface area contributed by atoms with Gasteiger partial charge in [0.2, 0.25) is 5.78 Å². The Morgan fingerprint density at radius 2 is 2.00 bits per heavy atom. The zero-order valence-electron chi connectivity index (χ0n) is 10.4. The summed E-state index contributed by atoms with van der Waals surface area (Å²) in [6.07, 6.45) is 2.88. The van der Waals surface area contributed by atoms with Gasteiger partial charge in [0.05, 0.1) is 6.61 Å². The summed E-state index contributed by atoms with van der Waals surface area (Å²) in [5.41, 5.74) is 0.882. The predicted molar refractivity (Wildman–Crippen MR) is 70.0 cm³/mol. The largest absolute Gasteiger partial charge is 0.380 e. The van der Waals surface area contributed by atoms with Crippen LogP contribution in [0.4, 0.5) is 0 Å². The fourth-order valence-electron chi connectivity index (χ4n) is 1.28. The van der Waals surface area contributed by atoms with Gasteiger partial charge in [0.1, 0.15) is 0 Å². The summed E-state index contributed by atoms with van der Waals surface area (Å²) in [5.74, 6) is -1.17. The van der Waals surface area contributed by atoms with Gasteiger partial charge in [0, 0.05) is 13.2 Å². The molecule has 1 aromatic carbocycles. The number of hydrogen-bond acceptors (Lipinski definition) is 3. The number of nitrogens with one attached hydrogen (secondary N) is 1. The molecule has 0 aliphatic heterocycles. The van der Waals surface area contributed by atoms with Crippen molar-refractivity contribution in [3.63, 3.8) is 0 Å². The van der Waals surface area contributed by atoms with Crippen molar-refractivity contribution in [2.75, 3.05) is 19.8 Å². The van der Waals surface area contributed by atoms with Gasteiger partial charge in [-0.25, -0.2) is 0 Å². The van der Waals surface area contributed by atoms with Crippen LogP contribution in [0.25, 0.3) is 6.08 Å². The fraction of sp³-hybridized carbons (Fsp3) is 0.286. The van der Waals surface area contributed by atoms with Crippen molar-refractivity contribution < 1.29 is 14.3 Å². The Labute approximate surface area is 107 Å². The summed E-state index contributed by atoms with van der Waals surface area (Å²) in [6.45, 7) is 3.23. The molecule has 0 fully saturated rings. The number of carbonyl (C=O) groups excluding carboxylic acids is 2. The lowest BCUT2D eigenvalue weighted by atomic mass is 10.2. The lowest BCUT2D eigenvalue weighted by molar-refractivity contribution is -0.135. The van der Waals surface area contributed by atoms with E-state index in [0.29, 0.717) is 19.8 Å². The van der Waals surface area contributed by atoms with Gasteiger partial charge in [-0.05, 0) is 18.6 Å². The van der Waals surface area contributed by atoms with Crippen LogP contribution < -0.4 is 5.32 Å². The van der Waals surface area contributed by atoms with E-state index in [1.807, 2.05) is 37.3 Å². The predicted octanol–water partition coefficient (Wildman–Crippen LogP) is 1.42. The van der Waals surface area contributed by atoms with Crippen molar-refractivity contribution in [3.05, 3.63) is 42.0 Å². The molecule has 0 radical (unpaired) electrons.